The van der Waals surface area contributed by atoms with Gasteiger partial charge in [-0.05, 0) is 78.9 Å². The molecule has 1 amide bonds. The van der Waals surface area contributed by atoms with Crippen LogP contribution in [0.15, 0.2) is 54.6 Å². The van der Waals surface area contributed by atoms with Gasteiger partial charge < -0.3 is 20.3 Å². The lowest BCUT2D eigenvalue weighted by Gasteiger charge is -2.18. The number of methoxy groups -OCH3 is 1. The van der Waals surface area contributed by atoms with E-state index in [0.717, 1.165) is 17.7 Å². The maximum absolute atomic E-state index is 13.3. The lowest BCUT2D eigenvalue weighted by Crippen LogP contribution is -2.27. The summed E-state index contributed by atoms with van der Waals surface area (Å²) in [7, 11) is 1.39. The van der Waals surface area contributed by atoms with Crippen molar-refractivity contribution in [3.05, 3.63) is 71.3 Å². The van der Waals surface area contributed by atoms with Crippen molar-refractivity contribution < 1.29 is 32.9 Å². The second-order valence-electron chi connectivity index (χ2n) is 8.18. The first-order chi connectivity index (χ1) is 15.5. The third-order valence-electron chi connectivity index (χ3n) is 6.03. The molecule has 3 aromatic carbocycles. The number of carbonyl (C=O) groups is 1. The molecule has 33 heavy (non-hydrogen) atoms. The van der Waals surface area contributed by atoms with Gasteiger partial charge in [0.15, 0.2) is 11.5 Å². The van der Waals surface area contributed by atoms with E-state index in [1.54, 1.807) is 31.2 Å². The molecule has 172 valence electrons. The average molecular weight is 457 g/mol. The SMILES string of the molecule is COc1ccc(C(F)(F)F)cc1-c1cc(NC(=O)C2(c3ccc(O)c(O)c3)CC2)ccc1C. The number of alkyl halides is 3. The summed E-state index contributed by atoms with van der Waals surface area (Å²) in [4.78, 5) is 13.1. The number of benzene rings is 3. The van der Waals surface area contributed by atoms with E-state index < -0.39 is 17.2 Å². The molecule has 1 saturated carbocycles. The van der Waals surface area contributed by atoms with Gasteiger partial charge in [-0.2, -0.15) is 13.2 Å². The number of hydrogen-bond acceptors (Lipinski definition) is 4. The van der Waals surface area contributed by atoms with Crippen molar-refractivity contribution in [3.8, 4) is 28.4 Å². The average Bonchev–Trinajstić information content (AvgIpc) is 3.58. The van der Waals surface area contributed by atoms with Crippen LogP contribution in [0.5, 0.6) is 17.2 Å². The second kappa shape index (κ2) is 8.03. The third kappa shape index (κ3) is 4.20. The number of nitrogens with one attached hydrogen (secondary N) is 1. The summed E-state index contributed by atoms with van der Waals surface area (Å²) in [5.41, 5.74) is 0.876. The van der Waals surface area contributed by atoms with Gasteiger partial charge in [0.25, 0.3) is 0 Å². The summed E-state index contributed by atoms with van der Waals surface area (Å²) in [6, 6.07) is 12.6. The normalized spacial score (nSPS) is 14.6. The number of aromatic hydroxyl groups is 2. The van der Waals surface area contributed by atoms with Gasteiger partial charge >= 0.3 is 6.18 Å². The van der Waals surface area contributed by atoms with Crippen LogP contribution in [0.4, 0.5) is 18.9 Å². The highest BCUT2D eigenvalue weighted by Gasteiger charge is 2.51. The van der Waals surface area contributed by atoms with E-state index >= 15 is 0 Å². The largest absolute Gasteiger partial charge is 0.504 e. The highest BCUT2D eigenvalue weighted by Crippen LogP contribution is 2.50. The lowest BCUT2D eigenvalue weighted by molar-refractivity contribution is -0.137. The van der Waals surface area contributed by atoms with Crippen LogP contribution in [0.3, 0.4) is 0 Å². The molecule has 1 fully saturated rings. The molecule has 1 aliphatic rings. The molecular weight excluding hydrogens is 435 g/mol. The van der Waals surface area contributed by atoms with E-state index in [9.17, 15) is 28.2 Å². The summed E-state index contributed by atoms with van der Waals surface area (Å²) in [5, 5.41) is 22.2. The molecule has 4 rings (SSSR count). The minimum Gasteiger partial charge on any atom is -0.504 e. The van der Waals surface area contributed by atoms with Crippen LogP contribution in [-0.4, -0.2) is 23.2 Å². The van der Waals surface area contributed by atoms with Crippen LogP contribution in [0, 0.1) is 6.92 Å². The molecule has 3 N–H and O–H groups in total. The summed E-state index contributed by atoms with van der Waals surface area (Å²) in [5.74, 6) is -0.583. The van der Waals surface area contributed by atoms with Gasteiger partial charge in [-0.1, -0.05) is 12.1 Å². The summed E-state index contributed by atoms with van der Waals surface area (Å²) in [6.45, 7) is 1.77. The molecular formula is C25H22F3NO4. The molecule has 1 aliphatic carbocycles. The zero-order chi connectivity index (χ0) is 24.0. The maximum Gasteiger partial charge on any atom is 0.416 e. The van der Waals surface area contributed by atoms with Crippen molar-refractivity contribution in [2.24, 2.45) is 0 Å². The Bertz CT molecular complexity index is 1230. The number of amides is 1. The van der Waals surface area contributed by atoms with Crippen molar-refractivity contribution in [1.29, 1.82) is 0 Å². The van der Waals surface area contributed by atoms with Gasteiger partial charge in [0.05, 0.1) is 18.1 Å². The van der Waals surface area contributed by atoms with E-state index in [-0.39, 0.29) is 28.7 Å². The Morgan fingerprint density at radius 3 is 2.30 bits per heavy atom. The van der Waals surface area contributed by atoms with Crippen LogP contribution >= 0.6 is 0 Å². The van der Waals surface area contributed by atoms with Crippen LogP contribution < -0.4 is 10.1 Å². The Balaban J connectivity index is 1.67. The standard InChI is InChI=1S/C25H22F3NO4/c1-14-3-6-17(13-18(14)19-11-16(25(26,27)28)5-8-22(19)33-2)29-23(32)24(9-10-24)15-4-7-20(30)21(31)12-15/h3-8,11-13,30-31H,9-10H2,1-2H3,(H,29,32). The maximum atomic E-state index is 13.3. The number of phenolic OH excluding ortho intramolecular Hbond substituents is 2. The van der Waals surface area contributed by atoms with Gasteiger partial charge in [-0.3, -0.25) is 4.79 Å². The Kier molecular flexibility index (Phi) is 5.47. The molecule has 0 heterocycles. The van der Waals surface area contributed by atoms with Gasteiger partial charge in [0, 0.05) is 11.3 Å². The topological polar surface area (TPSA) is 78.8 Å². The highest BCUT2D eigenvalue weighted by atomic mass is 19.4. The fourth-order valence-electron chi connectivity index (χ4n) is 3.93. The molecule has 0 radical (unpaired) electrons. The minimum atomic E-state index is -4.51. The molecule has 0 atom stereocenters. The quantitative estimate of drug-likeness (QED) is 0.425. The van der Waals surface area contributed by atoms with Crippen LogP contribution in [0.2, 0.25) is 0 Å². The Hall–Kier alpha value is -3.68. The van der Waals surface area contributed by atoms with E-state index in [4.69, 9.17) is 4.74 Å². The predicted octanol–water partition coefficient (Wildman–Crippen LogP) is 5.77. The summed E-state index contributed by atoms with van der Waals surface area (Å²) >= 11 is 0. The van der Waals surface area contributed by atoms with Gasteiger partial charge in [0.2, 0.25) is 5.91 Å². The van der Waals surface area contributed by atoms with Crippen LogP contribution in [-0.2, 0) is 16.4 Å². The van der Waals surface area contributed by atoms with Gasteiger partial charge in [0.1, 0.15) is 5.75 Å². The third-order valence-corrected chi connectivity index (χ3v) is 6.03. The Labute approximate surface area is 188 Å². The zero-order valence-electron chi connectivity index (χ0n) is 18.0. The minimum absolute atomic E-state index is 0.269. The number of anilines is 1. The molecule has 0 bridgehead atoms. The van der Waals surface area contributed by atoms with Crippen LogP contribution in [0.1, 0.15) is 29.5 Å². The van der Waals surface area contributed by atoms with E-state index in [1.165, 1.54) is 25.3 Å². The second-order valence-corrected chi connectivity index (χ2v) is 8.18. The molecule has 0 aromatic heterocycles. The molecule has 0 unspecified atom stereocenters. The molecule has 0 saturated heterocycles. The molecule has 3 aromatic rings. The summed E-state index contributed by atoms with van der Waals surface area (Å²) < 4.78 is 45.2. The predicted molar refractivity (Wildman–Crippen MR) is 117 cm³/mol. The van der Waals surface area contributed by atoms with Gasteiger partial charge in [-0.15, -0.1) is 0 Å². The fraction of sp³-hybridized carbons (Fsp3) is 0.240. The molecule has 5 nitrogen and oxygen atoms in total. The number of rotatable bonds is 5. The van der Waals surface area contributed by atoms with Crippen molar-refractivity contribution in [2.45, 2.75) is 31.4 Å². The number of hydrogen-bond donors (Lipinski definition) is 3. The van der Waals surface area contributed by atoms with Crippen molar-refractivity contribution in [2.75, 3.05) is 12.4 Å². The highest BCUT2D eigenvalue weighted by molar-refractivity contribution is 6.02. The fourth-order valence-corrected chi connectivity index (χ4v) is 3.93. The monoisotopic (exact) mass is 457 g/mol. The van der Waals surface area contributed by atoms with Crippen molar-refractivity contribution in [3.63, 3.8) is 0 Å². The molecule has 0 aliphatic heterocycles. The number of phenols is 2. The zero-order valence-corrected chi connectivity index (χ0v) is 18.0. The smallest absolute Gasteiger partial charge is 0.416 e. The Morgan fingerprint density at radius 1 is 0.970 bits per heavy atom. The summed E-state index contributed by atoms with van der Waals surface area (Å²) in [6.07, 6.45) is -3.36. The molecule has 8 heteroatoms. The number of ether oxygens (including phenoxy) is 1. The first-order valence-corrected chi connectivity index (χ1v) is 10.3. The lowest BCUT2D eigenvalue weighted by atomic mass is 9.93. The number of aryl methyl sites for hydroxylation is 1. The van der Waals surface area contributed by atoms with E-state index in [1.807, 2.05) is 0 Å². The van der Waals surface area contributed by atoms with Gasteiger partial charge in [-0.25, -0.2) is 0 Å². The number of halogens is 3. The Morgan fingerprint density at radius 2 is 1.70 bits per heavy atom. The first kappa shape index (κ1) is 22.5. The first-order valence-electron chi connectivity index (χ1n) is 10.3. The van der Waals surface area contributed by atoms with E-state index in [0.29, 0.717) is 29.7 Å². The molecule has 0 spiro atoms. The van der Waals surface area contributed by atoms with E-state index in [2.05, 4.69) is 5.32 Å². The van der Waals surface area contributed by atoms with Crippen molar-refractivity contribution >= 4 is 11.6 Å². The number of carbonyl (C=O) groups excluding carboxylic acids is 1. The van der Waals surface area contributed by atoms with Crippen LogP contribution in [0.25, 0.3) is 11.1 Å². The van der Waals surface area contributed by atoms with Crippen molar-refractivity contribution in [1.82, 2.24) is 0 Å².